The quantitative estimate of drug-likeness (QED) is 0.515. The molecular weight excluding hydrogens is 224 g/mol. The van der Waals surface area contributed by atoms with Gasteiger partial charge in [0.05, 0.1) is 0 Å². The average molecular weight is 251 g/mol. The van der Waals surface area contributed by atoms with Gasteiger partial charge in [-0.25, -0.2) is 0 Å². The Balaban J connectivity index is 4.59. The monoisotopic (exact) mass is 250 g/mol. The number of hydrogen-bond donors (Lipinski definition) is 0. The van der Waals surface area contributed by atoms with Gasteiger partial charge in [0.1, 0.15) is 0 Å². The van der Waals surface area contributed by atoms with Gasteiger partial charge in [0.25, 0.3) is 7.63 Å². The number of hydrogen-bond acceptors (Lipinski definition) is 1. The zero-order chi connectivity index (χ0) is 12.3. The van der Waals surface area contributed by atoms with E-state index in [1.807, 2.05) is 6.92 Å². The highest BCUT2D eigenvalue weighted by Gasteiger charge is 2.40. The molecule has 3 heteroatoms. The molecule has 0 aromatic heterocycles. The summed E-state index contributed by atoms with van der Waals surface area (Å²) in [4.78, 5) is 0. The Labute approximate surface area is 101 Å². The first kappa shape index (κ1) is 15.5. The van der Waals surface area contributed by atoms with E-state index >= 15 is 0 Å². The smallest absolute Gasteiger partial charge is 0.291 e. The molecule has 0 bridgehead atoms. The molecule has 0 N–H and O–H groups in total. The molecule has 0 aliphatic heterocycles. The van der Waals surface area contributed by atoms with Crippen LogP contribution in [0.5, 0.6) is 0 Å². The van der Waals surface area contributed by atoms with Crippen LogP contribution in [0.4, 0.5) is 0 Å². The molecule has 0 amide bonds. The van der Waals surface area contributed by atoms with E-state index in [1.54, 1.807) is 0 Å². The third-order valence-electron chi connectivity index (χ3n) is 1.99. The minimum atomic E-state index is -2.05. The summed E-state index contributed by atoms with van der Waals surface area (Å²) in [6.45, 7) is 16.2. The molecule has 0 heterocycles. The topological polar surface area (TPSA) is 9.23 Å². The zero-order valence-corrected chi connectivity index (χ0v) is 13.2. The predicted octanol–water partition coefficient (Wildman–Crippen LogP) is 4.80. The Morgan fingerprint density at radius 2 is 1.27 bits per heavy atom. The van der Waals surface area contributed by atoms with Crippen molar-refractivity contribution in [1.82, 2.24) is 0 Å². The zero-order valence-electron chi connectivity index (χ0n) is 11.4. The van der Waals surface area contributed by atoms with Gasteiger partial charge in [-0.2, -0.15) is 0 Å². The van der Waals surface area contributed by atoms with Crippen LogP contribution in [0.3, 0.4) is 0 Å². The maximum atomic E-state index is 6.73. The van der Waals surface area contributed by atoms with E-state index in [0.717, 1.165) is 18.7 Å². The lowest BCUT2D eigenvalue weighted by molar-refractivity contribution is 0.299. The van der Waals surface area contributed by atoms with Gasteiger partial charge in [0.2, 0.25) is 0 Å². The van der Waals surface area contributed by atoms with Gasteiger partial charge in [0.15, 0.2) is 0 Å². The molecule has 0 rings (SSSR count). The molecule has 1 nitrogen and oxygen atoms in total. The maximum Gasteiger partial charge on any atom is 0.291 e. The largest absolute Gasteiger partial charge is 0.403 e. The minimum Gasteiger partial charge on any atom is -0.403 e. The second kappa shape index (κ2) is 5.20. The first-order chi connectivity index (χ1) is 6.47. The standard InChI is InChI=1S/C12H27ClOSi/c1-8-14-15(13,9-11(2,3)4)10-12(5,6)7/h8-10H2,1-7H3. The van der Waals surface area contributed by atoms with Crippen molar-refractivity contribution >= 4 is 18.7 Å². The lowest BCUT2D eigenvalue weighted by atomic mass is 10.00. The maximum absolute atomic E-state index is 6.73. The highest BCUT2D eigenvalue weighted by atomic mass is 35.6. The first-order valence-corrected chi connectivity index (χ1v) is 9.14. The van der Waals surface area contributed by atoms with E-state index in [4.69, 9.17) is 15.5 Å². The van der Waals surface area contributed by atoms with E-state index in [9.17, 15) is 0 Å². The van der Waals surface area contributed by atoms with Crippen LogP contribution in [0.15, 0.2) is 0 Å². The molecule has 0 radical (unpaired) electrons. The van der Waals surface area contributed by atoms with Gasteiger partial charge < -0.3 is 4.43 Å². The van der Waals surface area contributed by atoms with E-state index in [2.05, 4.69) is 41.5 Å². The van der Waals surface area contributed by atoms with Crippen molar-refractivity contribution < 1.29 is 4.43 Å². The second-order valence-electron chi connectivity index (χ2n) is 6.79. The summed E-state index contributed by atoms with van der Waals surface area (Å²) in [6, 6.07) is 2.04. The molecule has 0 aromatic rings. The Morgan fingerprint density at radius 3 is 1.47 bits per heavy atom. The highest BCUT2D eigenvalue weighted by molar-refractivity contribution is 7.16. The van der Waals surface area contributed by atoms with Crippen molar-refractivity contribution in [3.8, 4) is 0 Å². The summed E-state index contributed by atoms with van der Waals surface area (Å²) < 4.78 is 5.89. The molecule has 0 saturated carbocycles. The SMILES string of the molecule is CCO[Si](Cl)(CC(C)(C)C)CC(C)(C)C. The van der Waals surface area contributed by atoms with Gasteiger partial charge in [-0.15, -0.1) is 11.1 Å². The lowest BCUT2D eigenvalue weighted by Gasteiger charge is -2.35. The molecule has 0 fully saturated rings. The van der Waals surface area contributed by atoms with Gasteiger partial charge in [-0.1, -0.05) is 41.5 Å². The van der Waals surface area contributed by atoms with Crippen molar-refractivity contribution in [2.24, 2.45) is 10.8 Å². The molecule has 0 aliphatic carbocycles. The molecule has 0 unspecified atom stereocenters. The normalized spacial score (nSPS) is 14.4. The Hall–Kier alpha value is 0.467. The molecule has 0 saturated heterocycles. The van der Waals surface area contributed by atoms with Crippen LogP contribution < -0.4 is 0 Å². The van der Waals surface area contributed by atoms with Crippen molar-refractivity contribution in [1.29, 1.82) is 0 Å². The fourth-order valence-corrected chi connectivity index (χ4v) is 8.75. The summed E-state index contributed by atoms with van der Waals surface area (Å²) in [5, 5.41) is 0. The molecule has 0 spiro atoms. The number of rotatable bonds is 4. The van der Waals surface area contributed by atoms with E-state index < -0.39 is 7.63 Å². The molecule has 0 aliphatic rings. The third kappa shape index (κ3) is 8.29. The van der Waals surface area contributed by atoms with E-state index in [1.165, 1.54) is 0 Å². The van der Waals surface area contributed by atoms with Crippen molar-refractivity contribution in [2.75, 3.05) is 6.61 Å². The lowest BCUT2D eigenvalue weighted by Crippen LogP contribution is -2.39. The van der Waals surface area contributed by atoms with Crippen molar-refractivity contribution in [3.63, 3.8) is 0 Å². The van der Waals surface area contributed by atoms with Gasteiger partial charge >= 0.3 is 0 Å². The molecule has 0 aromatic carbocycles. The van der Waals surface area contributed by atoms with Crippen molar-refractivity contribution in [2.45, 2.75) is 60.6 Å². The summed E-state index contributed by atoms with van der Waals surface area (Å²) in [7, 11) is -2.05. The van der Waals surface area contributed by atoms with Gasteiger partial charge in [-0.3, -0.25) is 0 Å². The van der Waals surface area contributed by atoms with Crippen LogP contribution in [0, 0.1) is 10.8 Å². The summed E-state index contributed by atoms with van der Waals surface area (Å²) in [5.74, 6) is 0. The molecular formula is C12H27ClOSi. The highest BCUT2D eigenvalue weighted by Crippen LogP contribution is 2.39. The second-order valence-corrected chi connectivity index (χ2v) is 11.6. The van der Waals surface area contributed by atoms with Gasteiger partial charge in [0, 0.05) is 6.61 Å². The Kier molecular flexibility index (Phi) is 5.36. The van der Waals surface area contributed by atoms with Crippen LogP contribution in [-0.2, 0) is 4.43 Å². The van der Waals surface area contributed by atoms with Crippen molar-refractivity contribution in [3.05, 3.63) is 0 Å². The van der Waals surface area contributed by atoms with Crippen LogP contribution in [-0.4, -0.2) is 14.2 Å². The van der Waals surface area contributed by atoms with Crippen LogP contribution in [0.25, 0.3) is 0 Å². The van der Waals surface area contributed by atoms with Crippen LogP contribution in [0.2, 0.25) is 12.1 Å². The molecule has 92 valence electrons. The minimum absolute atomic E-state index is 0.258. The van der Waals surface area contributed by atoms with Crippen LogP contribution >= 0.6 is 11.1 Å². The summed E-state index contributed by atoms with van der Waals surface area (Å²) in [5.41, 5.74) is 0.517. The van der Waals surface area contributed by atoms with E-state index in [0.29, 0.717) is 0 Å². The Bertz CT molecular complexity index is 175. The average Bonchev–Trinajstić information content (AvgIpc) is 1.74. The van der Waals surface area contributed by atoms with E-state index in [-0.39, 0.29) is 10.8 Å². The first-order valence-electron chi connectivity index (χ1n) is 5.80. The molecule has 0 atom stereocenters. The van der Waals surface area contributed by atoms with Crippen LogP contribution in [0.1, 0.15) is 48.5 Å². The number of halogens is 1. The Morgan fingerprint density at radius 1 is 0.933 bits per heavy atom. The fourth-order valence-electron chi connectivity index (χ4n) is 2.01. The predicted molar refractivity (Wildman–Crippen MR) is 71.8 cm³/mol. The molecule has 15 heavy (non-hydrogen) atoms. The summed E-state index contributed by atoms with van der Waals surface area (Å²) in [6.07, 6.45) is 0. The third-order valence-corrected chi connectivity index (χ3v) is 7.10. The summed E-state index contributed by atoms with van der Waals surface area (Å²) >= 11 is 6.73. The fraction of sp³-hybridized carbons (Fsp3) is 1.00. The van der Waals surface area contributed by atoms with Gasteiger partial charge in [-0.05, 0) is 29.8 Å².